The Labute approximate surface area is 130 Å². The molecule has 1 N–H and O–H groups in total. The van der Waals surface area contributed by atoms with Gasteiger partial charge in [-0.05, 0) is 38.1 Å². The summed E-state index contributed by atoms with van der Waals surface area (Å²) in [6, 6.07) is 9.23. The van der Waals surface area contributed by atoms with E-state index in [1.54, 1.807) is 24.3 Å². The molecule has 5 nitrogen and oxygen atoms in total. The second kappa shape index (κ2) is 6.91. The van der Waals surface area contributed by atoms with E-state index in [4.69, 9.17) is 10.00 Å². The number of piperidine rings is 1. The summed E-state index contributed by atoms with van der Waals surface area (Å²) >= 11 is 0. The monoisotopic (exact) mass is 299 g/mol. The Morgan fingerprint density at radius 2 is 2.00 bits per heavy atom. The molecule has 2 atom stereocenters. The van der Waals surface area contributed by atoms with Crippen LogP contribution >= 0.6 is 0 Å². The molecule has 0 bridgehead atoms. The van der Waals surface area contributed by atoms with Crippen molar-refractivity contribution in [1.29, 1.82) is 5.26 Å². The van der Waals surface area contributed by atoms with Gasteiger partial charge in [-0.3, -0.25) is 9.69 Å². The molecule has 116 valence electrons. The second-order valence-electron chi connectivity index (χ2n) is 5.94. The molecule has 0 radical (unpaired) electrons. The first kappa shape index (κ1) is 15.0. The highest BCUT2D eigenvalue weighted by Crippen LogP contribution is 2.19. The maximum absolute atomic E-state index is 12.5. The Balaban J connectivity index is 1.69. The molecule has 1 aromatic rings. The van der Waals surface area contributed by atoms with Gasteiger partial charge in [-0.15, -0.1) is 0 Å². The van der Waals surface area contributed by atoms with Crippen molar-refractivity contribution in [2.45, 2.75) is 31.3 Å². The van der Waals surface area contributed by atoms with Gasteiger partial charge in [-0.25, -0.2) is 0 Å². The third kappa shape index (κ3) is 3.13. The van der Waals surface area contributed by atoms with E-state index in [1.807, 2.05) is 0 Å². The van der Waals surface area contributed by atoms with Gasteiger partial charge in [0.15, 0.2) is 0 Å². The van der Waals surface area contributed by atoms with Crippen molar-refractivity contribution >= 4 is 5.91 Å². The van der Waals surface area contributed by atoms with Crippen LogP contribution in [-0.2, 0) is 4.74 Å². The average molecular weight is 299 g/mol. The van der Waals surface area contributed by atoms with Crippen LogP contribution in [0.2, 0.25) is 0 Å². The molecule has 2 aliphatic rings. The molecule has 2 heterocycles. The Morgan fingerprint density at radius 3 is 2.77 bits per heavy atom. The number of carbonyl (C=O) groups excluding carboxylic acids is 1. The van der Waals surface area contributed by atoms with Crippen molar-refractivity contribution in [1.82, 2.24) is 10.2 Å². The number of nitriles is 1. The maximum Gasteiger partial charge on any atom is 0.252 e. The predicted octanol–water partition coefficient (Wildman–Crippen LogP) is 1.54. The molecule has 1 amide bonds. The van der Waals surface area contributed by atoms with Gasteiger partial charge in [-0.1, -0.05) is 18.6 Å². The van der Waals surface area contributed by atoms with Crippen LogP contribution in [0.4, 0.5) is 0 Å². The highest BCUT2D eigenvalue weighted by atomic mass is 16.5. The Morgan fingerprint density at radius 1 is 1.23 bits per heavy atom. The molecule has 0 aromatic heterocycles. The van der Waals surface area contributed by atoms with Crippen molar-refractivity contribution in [3.63, 3.8) is 0 Å². The fourth-order valence-electron chi connectivity index (χ4n) is 3.32. The molecule has 22 heavy (non-hydrogen) atoms. The van der Waals surface area contributed by atoms with Crippen molar-refractivity contribution in [2.75, 3.05) is 26.3 Å². The number of nitrogens with one attached hydrogen (secondary N) is 1. The molecule has 1 aromatic carbocycles. The van der Waals surface area contributed by atoms with E-state index < -0.39 is 0 Å². The minimum atomic E-state index is -0.186. The topological polar surface area (TPSA) is 65.4 Å². The fourth-order valence-corrected chi connectivity index (χ4v) is 3.32. The molecule has 2 saturated heterocycles. The van der Waals surface area contributed by atoms with E-state index in [2.05, 4.69) is 16.3 Å². The minimum Gasteiger partial charge on any atom is -0.378 e. The highest BCUT2D eigenvalue weighted by Gasteiger charge is 2.34. The van der Waals surface area contributed by atoms with E-state index in [9.17, 15) is 4.79 Å². The molecule has 2 aliphatic heterocycles. The lowest BCUT2D eigenvalue weighted by molar-refractivity contribution is 0.0899. The summed E-state index contributed by atoms with van der Waals surface area (Å²) in [5.41, 5.74) is 0.850. The lowest BCUT2D eigenvalue weighted by Crippen LogP contribution is -2.52. The van der Waals surface area contributed by atoms with E-state index in [1.165, 1.54) is 19.3 Å². The van der Waals surface area contributed by atoms with Gasteiger partial charge in [0.2, 0.25) is 0 Å². The number of benzene rings is 1. The molecule has 2 fully saturated rings. The number of carbonyl (C=O) groups is 1. The van der Waals surface area contributed by atoms with Crippen molar-refractivity contribution in [3.8, 4) is 6.07 Å². The molecular weight excluding hydrogens is 278 g/mol. The first-order valence-electron chi connectivity index (χ1n) is 7.91. The average Bonchev–Trinajstić information content (AvgIpc) is 3.03. The molecule has 5 heteroatoms. The van der Waals surface area contributed by atoms with Gasteiger partial charge in [-0.2, -0.15) is 5.26 Å². The number of rotatable bonds is 3. The summed E-state index contributed by atoms with van der Waals surface area (Å²) in [4.78, 5) is 14.9. The van der Waals surface area contributed by atoms with E-state index in [0.29, 0.717) is 24.3 Å². The Kier molecular flexibility index (Phi) is 4.71. The number of hydrogen-bond acceptors (Lipinski definition) is 4. The standard InChI is InChI=1S/C17H21N3O2/c18-10-13-6-2-3-7-14(13)17(21)19-15-11-22-12-16(15)20-8-4-1-5-9-20/h2-3,6-7,15-16H,1,4-5,8-9,11-12H2,(H,19,21)/t15-,16-/m0/s1. The molecule has 0 saturated carbocycles. The van der Waals surface area contributed by atoms with Crippen LogP contribution in [0, 0.1) is 11.3 Å². The SMILES string of the molecule is N#Cc1ccccc1C(=O)N[C@H]1COC[C@@H]1N1CCCCC1. The van der Waals surface area contributed by atoms with Crippen molar-refractivity contribution < 1.29 is 9.53 Å². The van der Waals surface area contributed by atoms with Gasteiger partial charge in [0.1, 0.15) is 0 Å². The minimum absolute atomic E-state index is 0.00245. The lowest BCUT2D eigenvalue weighted by Gasteiger charge is -2.34. The maximum atomic E-state index is 12.5. The van der Waals surface area contributed by atoms with Crippen LogP contribution in [0.25, 0.3) is 0 Å². The lowest BCUT2D eigenvalue weighted by atomic mass is 10.0. The molecule has 3 rings (SSSR count). The zero-order chi connectivity index (χ0) is 15.4. The summed E-state index contributed by atoms with van der Waals surface area (Å²) in [5, 5.41) is 12.2. The third-order valence-corrected chi connectivity index (χ3v) is 4.52. The van der Waals surface area contributed by atoms with E-state index in [-0.39, 0.29) is 18.0 Å². The summed E-state index contributed by atoms with van der Waals surface area (Å²) in [6.07, 6.45) is 3.72. The normalized spacial score (nSPS) is 25.6. The van der Waals surface area contributed by atoms with E-state index in [0.717, 1.165) is 13.1 Å². The number of likely N-dealkylation sites (tertiary alicyclic amines) is 1. The zero-order valence-corrected chi connectivity index (χ0v) is 12.6. The Hall–Kier alpha value is -1.90. The first-order chi connectivity index (χ1) is 10.8. The molecule has 0 unspecified atom stereocenters. The number of nitrogens with zero attached hydrogens (tertiary/aromatic N) is 2. The summed E-state index contributed by atoms with van der Waals surface area (Å²) in [5.74, 6) is -0.186. The molecular formula is C17H21N3O2. The van der Waals surface area contributed by atoms with Crippen LogP contribution in [0.15, 0.2) is 24.3 Å². The van der Waals surface area contributed by atoms with Crippen LogP contribution < -0.4 is 5.32 Å². The smallest absolute Gasteiger partial charge is 0.252 e. The highest BCUT2D eigenvalue weighted by molar-refractivity contribution is 5.96. The summed E-state index contributed by atoms with van der Waals surface area (Å²) in [6.45, 7) is 3.37. The van der Waals surface area contributed by atoms with Gasteiger partial charge < -0.3 is 10.1 Å². The zero-order valence-electron chi connectivity index (χ0n) is 12.6. The van der Waals surface area contributed by atoms with Gasteiger partial charge in [0.25, 0.3) is 5.91 Å². The van der Waals surface area contributed by atoms with Crippen molar-refractivity contribution in [3.05, 3.63) is 35.4 Å². The number of ether oxygens (including phenoxy) is 1. The van der Waals surface area contributed by atoms with Crippen LogP contribution in [0.5, 0.6) is 0 Å². The molecule has 0 spiro atoms. The second-order valence-corrected chi connectivity index (χ2v) is 5.94. The largest absolute Gasteiger partial charge is 0.378 e. The van der Waals surface area contributed by atoms with Gasteiger partial charge in [0, 0.05) is 0 Å². The van der Waals surface area contributed by atoms with Gasteiger partial charge >= 0.3 is 0 Å². The van der Waals surface area contributed by atoms with Crippen LogP contribution in [0.1, 0.15) is 35.2 Å². The molecule has 0 aliphatic carbocycles. The van der Waals surface area contributed by atoms with Crippen LogP contribution in [0.3, 0.4) is 0 Å². The fraction of sp³-hybridized carbons (Fsp3) is 0.529. The van der Waals surface area contributed by atoms with Gasteiger partial charge in [0.05, 0.1) is 42.5 Å². The number of amides is 1. The van der Waals surface area contributed by atoms with Crippen LogP contribution in [-0.4, -0.2) is 49.2 Å². The summed E-state index contributed by atoms with van der Waals surface area (Å²) in [7, 11) is 0. The van der Waals surface area contributed by atoms with E-state index >= 15 is 0 Å². The summed E-state index contributed by atoms with van der Waals surface area (Å²) < 4.78 is 5.59. The third-order valence-electron chi connectivity index (χ3n) is 4.52. The predicted molar refractivity (Wildman–Crippen MR) is 82.4 cm³/mol. The first-order valence-corrected chi connectivity index (χ1v) is 7.91. The Bertz CT molecular complexity index is 576. The number of hydrogen-bond donors (Lipinski definition) is 1. The van der Waals surface area contributed by atoms with Crippen molar-refractivity contribution in [2.24, 2.45) is 0 Å². The quantitative estimate of drug-likeness (QED) is 0.919.